The van der Waals surface area contributed by atoms with Crippen molar-refractivity contribution >= 4 is 11.8 Å². The predicted octanol–water partition coefficient (Wildman–Crippen LogP) is 4.51. The molecule has 1 aromatic heterocycles. The fourth-order valence-corrected chi connectivity index (χ4v) is 5.00. The Balaban J connectivity index is 1.24. The molecule has 0 atom stereocenters. The molecule has 8 nitrogen and oxygen atoms in total. The molecule has 0 radical (unpaired) electrons. The summed E-state index contributed by atoms with van der Waals surface area (Å²) in [5.74, 6) is 1.05. The van der Waals surface area contributed by atoms with Crippen molar-refractivity contribution in [2.75, 3.05) is 27.3 Å². The lowest BCUT2D eigenvalue weighted by molar-refractivity contribution is 0.0682. The Morgan fingerprint density at radius 3 is 2.10 bits per heavy atom. The van der Waals surface area contributed by atoms with Crippen molar-refractivity contribution in [2.45, 2.75) is 25.4 Å². The summed E-state index contributed by atoms with van der Waals surface area (Å²) in [6, 6.07) is 27.7. The largest absolute Gasteiger partial charge is 0.497 e. The normalized spacial score (nSPS) is 12.8. The third-order valence-corrected chi connectivity index (χ3v) is 7.01. The van der Waals surface area contributed by atoms with Crippen molar-refractivity contribution in [3.8, 4) is 11.5 Å². The van der Waals surface area contributed by atoms with Gasteiger partial charge in [0.25, 0.3) is 11.8 Å². The number of nitrogens with one attached hydrogen (secondary N) is 1. The van der Waals surface area contributed by atoms with E-state index in [0.29, 0.717) is 43.4 Å². The van der Waals surface area contributed by atoms with Crippen molar-refractivity contribution in [1.82, 2.24) is 20.0 Å². The van der Waals surface area contributed by atoms with Gasteiger partial charge in [-0.15, -0.1) is 0 Å². The molecule has 5 rings (SSSR count). The highest BCUT2D eigenvalue weighted by Gasteiger charge is 2.28. The molecule has 0 saturated carbocycles. The van der Waals surface area contributed by atoms with Gasteiger partial charge in [-0.1, -0.05) is 60.7 Å². The molecule has 0 unspecified atom stereocenters. The van der Waals surface area contributed by atoms with Crippen molar-refractivity contribution < 1.29 is 19.1 Å². The first-order chi connectivity index (χ1) is 19.1. The van der Waals surface area contributed by atoms with Crippen molar-refractivity contribution in [3.63, 3.8) is 0 Å². The molecular weight excluding hydrogens is 492 g/mol. The molecule has 0 aliphatic carbocycles. The van der Waals surface area contributed by atoms with Gasteiger partial charge in [0.2, 0.25) is 0 Å². The van der Waals surface area contributed by atoms with Crippen molar-refractivity contribution in [1.29, 1.82) is 0 Å². The quantitative estimate of drug-likeness (QED) is 0.330. The number of amides is 2. The summed E-state index contributed by atoms with van der Waals surface area (Å²) in [4.78, 5) is 28.0. The SMILES string of the molecule is COc1cc(CN2CCn3nc(C(=O)NCCC(c4ccccc4)c4ccccc4)cc3C2=O)cc(OC)c1. The van der Waals surface area contributed by atoms with Gasteiger partial charge in [0.15, 0.2) is 5.69 Å². The van der Waals surface area contributed by atoms with Crippen LogP contribution in [0.2, 0.25) is 0 Å². The fourth-order valence-electron chi connectivity index (χ4n) is 5.00. The predicted molar refractivity (Wildman–Crippen MR) is 148 cm³/mol. The summed E-state index contributed by atoms with van der Waals surface area (Å²) >= 11 is 0. The van der Waals surface area contributed by atoms with Gasteiger partial charge in [-0.05, 0) is 35.2 Å². The summed E-state index contributed by atoms with van der Waals surface area (Å²) in [6.07, 6.45) is 0.740. The second-order valence-electron chi connectivity index (χ2n) is 9.50. The lowest BCUT2D eigenvalue weighted by Gasteiger charge is -2.27. The number of nitrogens with zero attached hydrogens (tertiary/aromatic N) is 3. The van der Waals surface area contributed by atoms with Gasteiger partial charge in [0.05, 0.1) is 20.8 Å². The van der Waals surface area contributed by atoms with E-state index in [-0.39, 0.29) is 23.4 Å². The van der Waals surface area contributed by atoms with Gasteiger partial charge in [-0.25, -0.2) is 0 Å². The Hall–Kier alpha value is -4.59. The number of aromatic nitrogens is 2. The molecule has 200 valence electrons. The van der Waals surface area contributed by atoms with E-state index in [1.54, 1.807) is 35.9 Å². The van der Waals surface area contributed by atoms with E-state index in [4.69, 9.17) is 9.47 Å². The first-order valence-corrected chi connectivity index (χ1v) is 13.0. The van der Waals surface area contributed by atoms with Gasteiger partial charge in [0.1, 0.15) is 17.2 Å². The lowest BCUT2D eigenvalue weighted by atomic mass is 9.88. The molecule has 1 aliphatic heterocycles. The molecule has 39 heavy (non-hydrogen) atoms. The van der Waals surface area contributed by atoms with E-state index in [2.05, 4.69) is 34.7 Å². The summed E-state index contributed by atoms with van der Waals surface area (Å²) in [6.45, 7) is 1.89. The van der Waals surface area contributed by atoms with E-state index < -0.39 is 0 Å². The molecule has 4 aromatic rings. The first-order valence-electron chi connectivity index (χ1n) is 13.0. The Kier molecular flexibility index (Phi) is 7.91. The van der Waals surface area contributed by atoms with E-state index >= 15 is 0 Å². The summed E-state index contributed by atoms with van der Waals surface area (Å²) < 4.78 is 12.3. The van der Waals surface area contributed by atoms with Crippen molar-refractivity contribution in [3.05, 3.63) is 113 Å². The van der Waals surface area contributed by atoms with Gasteiger partial charge in [0, 0.05) is 37.7 Å². The number of methoxy groups -OCH3 is 2. The van der Waals surface area contributed by atoms with Crippen LogP contribution in [0, 0.1) is 0 Å². The number of rotatable bonds is 10. The maximum Gasteiger partial charge on any atom is 0.272 e. The van der Waals surface area contributed by atoms with Crippen LogP contribution in [0.15, 0.2) is 84.9 Å². The molecule has 1 N–H and O–H groups in total. The Morgan fingerprint density at radius 2 is 1.51 bits per heavy atom. The van der Waals surface area contributed by atoms with Crippen LogP contribution >= 0.6 is 0 Å². The Labute approximate surface area is 228 Å². The van der Waals surface area contributed by atoms with Crippen LogP contribution in [0.25, 0.3) is 0 Å². The molecular formula is C31H32N4O4. The summed E-state index contributed by atoms with van der Waals surface area (Å²) in [5, 5.41) is 7.43. The Bertz CT molecular complexity index is 1370. The molecule has 0 spiro atoms. The molecule has 3 aromatic carbocycles. The van der Waals surface area contributed by atoms with Crippen molar-refractivity contribution in [2.24, 2.45) is 0 Å². The number of benzene rings is 3. The zero-order chi connectivity index (χ0) is 27.2. The minimum absolute atomic E-state index is 0.160. The van der Waals surface area contributed by atoms with E-state index in [9.17, 15) is 9.59 Å². The Morgan fingerprint density at radius 1 is 0.897 bits per heavy atom. The zero-order valence-corrected chi connectivity index (χ0v) is 22.2. The highest BCUT2D eigenvalue weighted by atomic mass is 16.5. The topological polar surface area (TPSA) is 85.7 Å². The average Bonchev–Trinajstić information content (AvgIpc) is 3.43. The molecule has 0 saturated heterocycles. The number of carbonyl (C=O) groups is 2. The zero-order valence-electron chi connectivity index (χ0n) is 22.2. The third-order valence-electron chi connectivity index (χ3n) is 7.01. The fraction of sp³-hybridized carbons (Fsp3) is 0.258. The minimum Gasteiger partial charge on any atom is -0.497 e. The average molecular weight is 525 g/mol. The van der Waals surface area contributed by atoms with Crippen LogP contribution in [0.3, 0.4) is 0 Å². The molecule has 0 bridgehead atoms. The van der Waals surface area contributed by atoms with Crippen LogP contribution in [-0.2, 0) is 13.1 Å². The van der Waals surface area contributed by atoms with Crippen LogP contribution < -0.4 is 14.8 Å². The molecule has 8 heteroatoms. The highest BCUT2D eigenvalue weighted by Crippen LogP contribution is 2.28. The maximum absolute atomic E-state index is 13.3. The van der Waals surface area contributed by atoms with E-state index in [1.807, 2.05) is 48.5 Å². The van der Waals surface area contributed by atoms with Gasteiger partial charge in [-0.3, -0.25) is 14.3 Å². The van der Waals surface area contributed by atoms with Crippen LogP contribution in [0.5, 0.6) is 11.5 Å². The monoisotopic (exact) mass is 524 g/mol. The first kappa shape index (κ1) is 26.0. The van der Waals surface area contributed by atoms with Crippen LogP contribution in [0.4, 0.5) is 0 Å². The molecule has 0 fully saturated rings. The number of carbonyl (C=O) groups excluding carboxylic acids is 2. The minimum atomic E-state index is -0.284. The maximum atomic E-state index is 13.3. The second-order valence-corrected chi connectivity index (χ2v) is 9.50. The molecule has 2 heterocycles. The number of hydrogen-bond acceptors (Lipinski definition) is 5. The second kappa shape index (κ2) is 11.9. The van der Waals surface area contributed by atoms with Gasteiger partial charge < -0.3 is 19.7 Å². The molecule has 2 amide bonds. The van der Waals surface area contributed by atoms with E-state index in [0.717, 1.165) is 12.0 Å². The number of hydrogen-bond donors (Lipinski definition) is 1. The molecule has 1 aliphatic rings. The number of ether oxygens (including phenoxy) is 2. The third kappa shape index (κ3) is 5.95. The summed E-state index contributed by atoms with van der Waals surface area (Å²) in [5.41, 5.74) is 3.97. The van der Waals surface area contributed by atoms with Crippen LogP contribution in [-0.4, -0.2) is 53.8 Å². The van der Waals surface area contributed by atoms with Gasteiger partial charge >= 0.3 is 0 Å². The summed E-state index contributed by atoms with van der Waals surface area (Å²) in [7, 11) is 3.19. The standard InChI is InChI=1S/C31H32N4O4/c1-38-25-17-22(18-26(19-25)39-2)21-34-15-16-35-29(31(34)37)20-28(33-35)30(36)32-14-13-27(23-9-5-3-6-10-23)24-11-7-4-8-12-24/h3-12,17-20,27H,13-16,21H2,1-2H3,(H,32,36). The smallest absolute Gasteiger partial charge is 0.272 e. The lowest BCUT2D eigenvalue weighted by Crippen LogP contribution is -2.39. The van der Waals surface area contributed by atoms with Crippen LogP contribution in [0.1, 0.15) is 50.0 Å². The van der Waals surface area contributed by atoms with Gasteiger partial charge in [-0.2, -0.15) is 5.10 Å². The highest BCUT2D eigenvalue weighted by molar-refractivity contribution is 5.98. The van der Waals surface area contributed by atoms with E-state index in [1.165, 1.54) is 11.1 Å². The number of fused-ring (bicyclic) bond motifs is 1.